The van der Waals surface area contributed by atoms with Gasteiger partial charge < -0.3 is 23.9 Å². The summed E-state index contributed by atoms with van der Waals surface area (Å²) in [5.74, 6) is 1.73. The minimum Gasteiger partial charge on any atom is -0.493 e. The first kappa shape index (κ1) is 22.0. The molecule has 1 amide bonds. The Bertz CT molecular complexity index is 1240. The lowest BCUT2D eigenvalue weighted by molar-refractivity contribution is 0.0945. The number of aromatic nitrogens is 4. The second-order valence-electron chi connectivity index (χ2n) is 6.90. The summed E-state index contributed by atoms with van der Waals surface area (Å²) >= 11 is 0. The Morgan fingerprint density at radius 2 is 2.00 bits per heavy atom. The number of benzene rings is 1. The Kier molecular flexibility index (Phi) is 6.65. The number of methoxy groups -OCH3 is 3. The van der Waals surface area contributed by atoms with Crippen LogP contribution >= 0.6 is 0 Å². The molecule has 0 fully saturated rings. The molecule has 4 aromatic rings. The fourth-order valence-electron chi connectivity index (χ4n) is 3.39. The van der Waals surface area contributed by atoms with Gasteiger partial charge in [0.05, 0.1) is 44.5 Å². The van der Waals surface area contributed by atoms with E-state index in [2.05, 4.69) is 20.4 Å². The summed E-state index contributed by atoms with van der Waals surface area (Å²) in [6.45, 7) is 0.376. The molecule has 1 aromatic carbocycles. The number of para-hydroxylation sites is 1. The number of ether oxygens (including phenoxy) is 3. The van der Waals surface area contributed by atoms with Crippen molar-refractivity contribution >= 4 is 5.91 Å². The van der Waals surface area contributed by atoms with Gasteiger partial charge in [0.2, 0.25) is 0 Å². The van der Waals surface area contributed by atoms with E-state index >= 15 is 0 Å². The van der Waals surface area contributed by atoms with Crippen molar-refractivity contribution in [1.82, 2.24) is 25.1 Å². The molecule has 0 saturated heterocycles. The zero-order valence-corrected chi connectivity index (χ0v) is 18.4. The predicted molar refractivity (Wildman–Crippen MR) is 118 cm³/mol. The van der Waals surface area contributed by atoms with E-state index in [1.54, 1.807) is 58.1 Å². The minimum absolute atomic E-state index is 0.138. The van der Waals surface area contributed by atoms with Crippen molar-refractivity contribution in [2.45, 2.75) is 13.2 Å². The summed E-state index contributed by atoms with van der Waals surface area (Å²) in [6, 6.07) is 10.8. The highest BCUT2D eigenvalue weighted by Crippen LogP contribution is 2.30. The largest absolute Gasteiger partial charge is 0.493 e. The molecule has 1 N–H and O–H groups in total. The van der Waals surface area contributed by atoms with Gasteiger partial charge in [0.1, 0.15) is 5.69 Å². The molecular weight excluding hydrogens is 426 g/mol. The third-order valence-electron chi connectivity index (χ3n) is 4.92. The van der Waals surface area contributed by atoms with Crippen molar-refractivity contribution in [1.29, 1.82) is 0 Å². The van der Waals surface area contributed by atoms with Gasteiger partial charge in [-0.1, -0.05) is 12.1 Å². The van der Waals surface area contributed by atoms with Crippen LogP contribution in [0, 0.1) is 0 Å². The molecule has 3 heterocycles. The van der Waals surface area contributed by atoms with E-state index in [1.807, 2.05) is 12.1 Å². The van der Waals surface area contributed by atoms with Gasteiger partial charge in [-0.05, 0) is 24.3 Å². The summed E-state index contributed by atoms with van der Waals surface area (Å²) in [5, 5.41) is 7.24. The third-order valence-corrected chi connectivity index (χ3v) is 4.92. The molecule has 10 nitrogen and oxygen atoms in total. The fourth-order valence-corrected chi connectivity index (χ4v) is 3.39. The molecule has 0 aliphatic rings. The highest BCUT2D eigenvalue weighted by Gasteiger charge is 2.21. The monoisotopic (exact) mass is 449 g/mol. The minimum atomic E-state index is -0.319. The van der Waals surface area contributed by atoms with Crippen LogP contribution in [0.4, 0.5) is 0 Å². The normalized spacial score (nSPS) is 10.8. The first-order valence-electron chi connectivity index (χ1n) is 10.1. The zero-order valence-electron chi connectivity index (χ0n) is 18.4. The van der Waals surface area contributed by atoms with Crippen molar-refractivity contribution < 1.29 is 23.4 Å². The maximum absolute atomic E-state index is 13.0. The van der Waals surface area contributed by atoms with Crippen LogP contribution in [0.1, 0.15) is 21.6 Å². The number of nitrogens with zero attached hydrogens (tertiary/aromatic N) is 4. The first-order valence-corrected chi connectivity index (χ1v) is 10.1. The van der Waals surface area contributed by atoms with E-state index in [0.29, 0.717) is 40.2 Å². The van der Waals surface area contributed by atoms with Crippen molar-refractivity contribution in [3.05, 3.63) is 71.9 Å². The van der Waals surface area contributed by atoms with Gasteiger partial charge in [-0.2, -0.15) is 9.78 Å². The number of furan rings is 1. The third kappa shape index (κ3) is 4.55. The lowest BCUT2D eigenvalue weighted by atomic mass is 10.1. The molecule has 0 unspecified atom stereocenters. The summed E-state index contributed by atoms with van der Waals surface area (Å²) in [6.07, 6.45) is 4.64. The Balaban J connectivity index is 1.60. The molecule has 0 aliphatic heterocycles. The van der Waals surface area contributed by atoms with Crippen LogP contribution in [0.5, 0.6) is 11.5 Å². The van der Waals surface area contributed by atoms with E-state index in [0.717, 1.165) is 5.56 Å². The Labute approximate surface area is 190 Å². The number of hydrogen-bond acceptors (Lipinski definition) is 8. The Morgan fingerprint density at radius 3 is 2.73 bits per heavy atom. The van der Waals surface area contributed by atoms with Gasteiger partial charge in [0, 0.05) is 25.4 Å². The number of hydrogen-bond donors (Lipinski definition) is 1. The van der Waals surface area contributed by atoms with Gasteiger partial charge in [-0.25, -0.2) is 9.97 Å². The molecular formula is C23H23N5O5. The maximum Gasteiger partial charge on any atom is 0.255 e. The van der Waals surface area contributed by atoms with E-state index in [1.165, 1.54) is 10.9 Å². The zero-order chi connectivity index (χ0) is 23.2. The topological polar surface area (TPSA) is 114 Å². The molecule has 0 bridgehead atoms. The molecule has 4 rings (SSSR count). The lowest BCUT2D eigenvalue weighted by Crippen LogP contribution is -2.24. The standard InChI is InChI=1S/C23H23N5O5/c1-30-14-18-16(22(29)25-12-15-6-4-7-20(31-2)21(15)32-3)13-26-28(18)23-24-10-9-17(27-23)19-8-5-11-33-19/h4-11,13H,12,14H2,1-3H3,(H,25,29). The molecule has 10 heteroatoms. The first-order chi connectivity index (χ1) is 16.2. The molecule has 3 aromatic heterocycles. The van der Waals surface area contributed by atoms with Gasteiger partial charge in [0.15, 0.2) is 17.3 Å². The van der Waals surface area contributed by atoms with E-state index in [-0.39, 0.29) is 19.1 Å². The summed E-state index contributed by atoms with van der Waals surface area (Å²) in [7, 11) is 4.66. The van der Waals surface area contributed by atoms with Crippen LogP contribution < -0.4 is 14.8 Å². The number of nitrogens with one attached hydrogen (secondary N) is 1. The van der Waals surface area contributed by atoms with Crippen LogP contribution in [0.3, 0.4) is 0 Å². The Morgan fingerprint density at radius 1 is 1.12 bits per heavy atom. The number of carbonyl (C=O) groups is 1. The molecule has 0 radical (unpaired) electrons. The average Bonchev–Trinajstić information content (AvgIpc) is 3.53. The van der Waals surface area contributed by atoms with Crippen molar-refractivity contribution in [2.75, 3.05) is 21.3 Å². The van der Waals surface area contributed by atoms with Crippen LogP contribution in [-0.4, -0.2) is 47.0 Å². The Hall–Kier alpha value is -4.18. The summed E-state index contributed by atoms with van der Waals surface area (Å²) < 4.78 is 23.0. The number of carbonyl (C=O) groups excluding carboxylic acids is 1. The molecule has 170 valence electrons. The fraction of sp³-hybridized carbons (Fsp3) is 0.217. The molecule has 0 atom stereocenters. The molecule has 0 spiro atoms. The van der Waals surface area contributed by atoms with Gasteiger partial charge in [0.25, 0.3) is 11.9 Å². The van der Waals surface area contributed by atoms with Crippen LogP contribution in [0.2, 0.25) is 0 Å². The van der Waals surface area contributed by atoms with Crippen molar-refractivity contribution in [3.63, 3.8) is 0 Å². The van der Waals surface area contributed by atoms with E-state index in [9.17, 15) is 4.79 Å². The number of rotatable bonds is 9. The second kappa shape index (κ2) is 9.96. The molecule has 0 saturated carbocycles. The number of amides is 1. The predicted octanol–water partition coefficient (Wildman–Crippen LogP) is 3.02. The van der Waals surface area contributed by atoms with Gasteiger partial charge in [-0.3, -0.25) is 4.79 Å². The van der Waals surface area contributed by atoms with E-state index in [4.69, 9.17) is 18.6 Å². The highest BCUT2D eigenvalue weighted by molar-refractivity contribution is 5.95. The quantitative estimate of drug-likeness (QED) is 0.415. The summed E-state index contributed by atoms with van der Waals surface area (Å²) in [5.41, 5.74) is 2.25. The van der Waals surface area contributed by atoms with Gasteiger partial charge >= 0.3 is 0 Å². The molecule has 33 heavy (non-hydrogen) atoms. The lowest BCUT2D eigenvalue weighted by Gasteiger charge is -2.13. The SMILES string of the molecule is COCc1c(C(=O)NCc2cccc(OC)c2OC)cnn1-c1nccc(-c2ccco2)n1. The van der Waals surface area contributed by atoms with Crippen LogP contribution in [0.15, 0.2) is 59.5 Å². The smallest absolute Gasteiger partial charge is 0.255 e. The van der Waals surface area contributed by atoms with Crippen molar-refractivity contribution in [2.24, 2.45) is 0 Å². The summed E-state index contributed by atoms with van der Waals surface area (Å²) in [4.78, 5) is 21.8. The average molecular weight is 449 g/mol. The van der Waals surface area contributed by atoms with Crippen LogP contribution in [0.25, 0.3) is 17.4 Å². The maximum atomic E-state index is 13.0. The second-order valence-corrected chi connectivity index (χ2v) is 6.90. The molecule has 0 aliphatic carbocycles. The van der Waals surface area contributed by atoms with E-state index < -0.39 is 0 Å². The van der Waals surface area contributed by atoms with Gasteiger partial charge in [-0.15, -0.1) is 0 Å². The van der Waals surface area contributed by atoms with Crippen LogP contribution in [-0.2, 0) is 17.9 Å². The van der Waals surface area contributed by atoms with Crippen molar-refractivity contribution in [3.8, 4) is 28.9 Å². The highest BCUT2D eigenvalue weighted by atomic mass is 16.5.